The lowest BCUT2D eigenvalue weighted by Crippen LogP contribution is -2.56. The molecule has 2 aromatic rings. The van der Waals surface area contributed by atoms with Crippen LogP contribution in [-0.4, -0.2) is 50.1 Å². The monoisotopic (exact) mass is 431 g/mol. The summed E-state index contributed by atoms with van der Waals surface area (Å²) in [5, 5.41) is 6.31. The fourth-order valence-corrected chi connectivity index (χ4v) is 3.66. The van der Waals surface area contributed by atoms with Gasteiger partial charge in [-0.05, 0) is 17.7 Å². The molecular weight excluding hydrogens is 406 g/mol. The number of benzene rings is 2. The molecule has 1 aliphatic heterocycles. The quantitative estimate of drug-likeness (QED) is 0.670. The van der Waals surface area contributed by atoms with Gasteiger partial charge < -0.3 is 20.1 Å². The summed E-state index contributed by atoms with van der Waals surface area (Å²) < 4.78 is 10.7. The smallest absolute Gasteiger partial charge is 0.237 e. The molecule has 1 heterocycles. The molecule has 2 N–H and O–H groups in total. The fraction of sp³-hybridized carbons (Fsp3) is 0.364. The number of rotatable bonds is 8. The second kappa shape index (κ2) is 10.3. The van der Waals surface area contributed by atoms with E-state index in [0.29, 0.717) is 42.7 Å². The molecule has 2 amide bonds. The minimum absolute atomic E-state index is 0.0642. The molecule has 160 valence electrons. The second-order valence-electron chi connectivity index (χ2n) is 7.03. The predicted molar refractivity (Wildman–Crippen MR) is 115 cm³/mol. The Morgan fingerprint density at radius 1 is 1.20 bits per heavy atom. The Hall–Kier alpha value is -2.77. The standard InChI is InChI=1S/C22H26ClN3O4/c1-29-17-8-7-16(20(11-17)30-2)14-26-10-9-24-22(28)19(26)12-21(27)25-13-15-5-3-4-6-18(15)23/h3-8,11,19H,9-10,12-14H2,1-2H3,(H,24,28)(H,25,27)/t19-/m1/s1. The second-order valence-corrected chi connectivity index (χ2v) is 7.43. The van der Waals surface area contributed by atoms with Crippen LogP contribution in [0.1, 0.15) is 17.5 Å². The first-order chi connectivity index (χ1) is 14.5. The number of halogens is 1. The molecule has 0 aliphatic carbocycles. The molecule has 1 fully saturated rings. The maximum absolute atomic E-state index is 12.5. The first kappa shape index (κ1) is 21.9. The van der Waals surface area contributed by atoms with E-state index in [4.69, 9.17) is 21.1 Å². The van der Waals surface area contributed by atoms with Crippen LogP contribution in [0.25, 0.3) is 0 Å². The maximum atomic E-state index is 12.5. The summed E-state index contributed by atoms with van der Waals surface area (Å²) in [6, 6.07) is 12.4. The third-order valence-electron chi connectivity index (χ3n) is 5.12. The molecule has 0 bridgehead atoms. The first-order valence-corrected chi connectivity index (χ1v) is 10.1. The number of nitrogens with zero attached hydrogens (tertiary/aromatic N) is 1. The zero-order valence-electron chi connectivity index (χ0n) is 17.1. The summed E-state index contributed by atoms with van der Waals surface area (Å²) in [4.78, 5) is 27.1. The van der Waals surface area contributed by atoms with Crippen LogP contribution in [0.5, 0.6) is 11.5 Å². The van der Waals surface area contributed by atoms with E-state index in [1.807, 2.05) is 41.3 Å². The zero-order chi connectivity index (χ0) is 21.5. The Morgan fingerprint density at radius 2 is 2.00 bits per heavy atom. The minimum atomic E-state index is -0.559. The Kier molecular flexibility index (Phi) is 7.54. The summed E-state index contributed by atoms with van der Waals surface area (Å²) in [7, 11) is 3.20. The molecule has 0 spiro atoms. The van der Waals surface area contributed by atoms with E-state index in [1.165, 1.54) is 0 Å². The Bertz CT molecular complexity index is 906. The number of carbonyl (C=O) groups is 2. The molecule has 8 heteroatoms. The number of amides is 2. The fourth-order valence-electron chi connectivity index (χ4n) is 3.46. The van der Waals surface area contributed by atoms with Crippen LogP contribution in [0.4, 0.5) is 0 Å². The number of ether oxygens (including phenoxy) is 2. The Labute approximate surface area is 181 Å². The lowest BCUT2D eigenvalue weighted by Gasteiger charge is -2.35. The molecule has 0 aromatic heterocycles. The van der Waals surface area contributed by atoms with Crippen LogP contribution in [-0.2, 0) is 22.7 Å². The number of piperazine rings is 1. The van der Waals surface area contributed by atoms with Crippen molar-refractivity contribution in [3.63, 3.8) is 0 Å². The number of methoxy groups -OCH3 is 2. The third-order valence-corrected chi connectivity index (χ3v) is 5.49. The molecule has 30 heavy (non-hydrogen) atoms. The molecule has 0 radical (unpaired) electrons. The molecule has 7 nitrogen and oxygen atoms in total. The summed E-state index contributed by atoms with van der Waals surface area (Å²) >= 11 is 6.14. The van der Waals surface area contributed by atoms with Crippen molar-refractivity contribution in [3.8, 4) is 11.5 Å². The van der Waals surface area contributed by atoms with Gasteiger partial charge in [-0.3, -0.25) is 14.5 Å². The summed E-state index contributed by atoms with van der Waals surface area (Å²) in [6.07, 6.45) is 0.0642. The Morgan fingerprint density at radius 3 is 2.73 bits per heavy atom. The lowest BCUT2D eigenvalue weighted by atomic mass is 10.1. The van der Waals surface area contributed by atoms with Gasteiger partial charge in [-0.15, -0.1) is 0 Å². The van der Waals surface area contributed by atoms with Crippen molar-refractivity contribution in [3.05, 3.63) is 58.6 Å². The van der Waals surface area contributed by atoms with E-state index >= 15 is 0 Å². The van der Waals surface area contributed by atoms with Gasteiger partial charge >= 0.3 is 0 Å². The highest BCUT2D eigenvalue weighted by Crippen LogP contribution is 2.27. The largest absolute Gasteiger partial charge is 0.497 e. The molecule has 2 aromatic carbocycles. The zero-order valence-corrected chi connectivity index (χ0v) is 17.9. The van der Waals surface area contributed by atoms with Gasteiger partial charge in [0.05, 0.1) is 26.7 Å². The normalized spacial score (nSPS) is 16.6. The molecule has 1 saturated heterocycles. The summed E-state index contributed by atoms with van der Waals surface area (Å²) in [6.45, 7) is 1.99. The van der Waals surface area contributed by atoms with Gasteiger partial charge in [0, 0.05) is 42.8 Å². The minimum Gasteiger partial charge on any atom is -0.497 e. The van der Waals surface area contributed by atoms with Crippen molar-refractivity contribution in [2.24, 2.45) is 0 Å². The van der Waals surface area contributed by atoms with Gasteiger partial charge in [0.1, 0.15) is 11.5 Å². The van der Waals surface area contributed by atoms with Gasteiger partial charge in [0.25, 0.3) is 0 Å². The van der Waals surface area contributed by atoms with E-state index in [-0.39, 0.29) is 18.2 Å². The third kappa shape index (κ3) is 5.43. The van der Waals surface area contributed by atoms with Crippen LogP contribution in [0.3, 0.4) is 0 Å². The molecule has 0 unspecified atom stereocenters. The van der Waals surface area contributed by atoms with Crippen molar-refractivity contribution in [1.29, 1.82) is 0 Å². The van der Waals surface area contributed by atoms with Crippen LogP contribution < -0.4 is 20.1 Å². The average Bonchev–Trinajstić information content (AvgIpc) is 2.75. The van der Waals surface area contributed by atoms with Crippen molar-refractivity contribution < 1.29 is 19.1 Å². The Balaban J connectivity index is 1.67. The highest BCUT2D eigenvalue weighted by Gasteiger charge is 2.32. The number of hydrogen-bond acceptors (Lipinski definition) is 5. The van der Waals surface area contributed by atoms with E-state index in [9.17, 15) is 9.59 Å². The number of carbonyl (C=O) groups excluding carboxylic acids is 2. The van der Waals surface area contributed by atoms with Crippen molar-refractivity contribution in [2.45, 2.75) is 25.6 Å². The molecular formula is C22H26ClN3O4. The highest BCUT2D eigenvalue weighted by molar-refractivity contribution is 6.31. The van der Waals surface area contributed by atoms with Crippen molar-refractivity contribution >= 4 is 23.4 Å². The van der Waals surface area contributed by atoms with Crippen LogP contribution in [0.15, 0.2) is 42.5 Å². The molecule has 1 atom stereocenters. The number of nitrogens with one attached hydrogen (secondary N) is 2. The van der Waals surface area contributed by atoms with E-state index in [2.05, 4.69) is 10.6 Å². The van der Waals surface area contributed by atoms with Crippen LogP contribution in [0.2, 0.25) is 5.02 Å². The maximum Gasteiger partial charge on any atom is 0.237 e. The van der Waals surface area contributed by atoms with Gasteiger partial charge in [-0.1, -0.05) is 35.9 Å². The van der Waals surface area contributed by atoms with Gasteiger partial charge in [0.2, 0.25) is 11.8 Å². The molecule has 1 aliphatic rings. The average molecular weight is 432 g/mol. The van der Waals surface area contributed by atoms with Crippen LogP contribution >= 0.6 is 11.6 Å². The topological polar surface area (TPSA) is 79.9 Å². The van der Waals surface area contributed by atoms with Crippen LogP contribution in [0, 0.1) is 0 Å². The molecule has 3 rings (SSSR count). The van der Waals surface area contributed by atoms with Gasteiger partial charge in [-0.2, -0.15) is 0 Å². The summed E-state index contributed by atoms with van der Waals surface area (Å²) in [5.41, 5.74) is 1.76. The molecule has 0 saturated carbocycles. The SMILES string of the molecule is COc1ccc(CN2CCNC(=O)[C@H]2CC(=O)NCc2ccccc2Cl)c(OC)c1. The van der Waals surface area contributed by atoms with E-state index in [0.717, 1.165) is 11.1 Å². The van der Waals surface area contributed by atoms with E-state index in [1.54, 1.807) is 20.3 Å². The lowest BCUT2D eigenvalue weighted by molar-refractivity contribution is -0.134. The van der Waals surface area contributed by atoms with Crippen molar-refractivity contribution in [2.75, 3.05) is 27.3 Å². The van der Waals surface area contributed by atoms with Crippen molar-refractivity contribution in [1.82, 2.24) is 15.5 Å². The number of hydrogen-bond donors (Lipinski definition) is 2. The van der Waals surface area contributed by atoms with Gasteiger partial charge in [0.15, 0.2) is 0 Å². The predicted octanol–water partition coefficient (Wildman–Crippen LogP) is 2.36. The first-order valence-electron chi connectivity index (χ1n) is 9.74. The highest BCUT2D eigenvalue weighted by atomic mass is 35.5. The summed E-state index contributed by atoms with van der Waals surface area (Å²) in [5.74, 6) is 1.02. The van der Waals surface area contributed by atoms with E-state index < -0.39 is 6.04 Å². The van der Waals surface area contributed by atoms with Gasteiger partial charge in [-0.25, -0.2) is 0 Å².